The highest BCUT2D eigenvalue weighted by atomic mass is 35.5. The minimum Gasteiger partial charge on any atom is -0.492 e. The molecule has 1 N–H and O–H groups in total. The molecule has 132 valence electrons. The zero-order valence-corrected chi connectivity index (χ0v) is 14.9. The van der Waals surface area contributed by atoms with E-state index in [-0.39, 0.29) is 12.5 Å². The van der Waals surface area contributed by atoms with E-state index in [1.807, 2.05) is 19.9 Å². The van der Waals surface area contributed by atoms with Crippen molar-refractivity contribution in [2.75, 3.05) is 19.8 Å². The van der Waals surface area contributed by atoms with Crippen LogP contribution in [0.25, 0.3) is 0 Å². The van der Waals surface area contributed by atoms with E-state index < -0.39 is 5.97 Å². The standard InChI is InChI=1S/C19H20ClNO4/c1-13-4-3-5-17(14(13)2)19(23)25-12-18(22)21-10-11-24-16-8-6-15(20)7-9-16/h3-9H,10-12H2,1-2H3,(H,21,22). The Balaban J connectivity index is 1.69. The van der Waals surface area contributed by atoms with Crippen molar-refractivity contribution in [3.8, 4) is 5.75 Å². The van der Waals surface area contributed by atoms with Gasteiger partial charge in [-0.1, -0.05) is 23.7 Å². The van der Waals surface area contributed by atoms with E-state index in [2.05, 4.69) is 5.32 Å². The van der Waals surface area contributed by atoms with Gasteiger partial charge in [0, 0.05) is 5.02 Å². The molecule has 0 saturated carbocycles. The van der Waals surface area contributed by atoms with E-state index >= 15 is 0 Å². The van der Waals surface area contributed by atoms with Gasteiger partial charge in [-0.15, -0.1) is 0 Å². The van der Waals surface area contributed by atoms with Crippen molar-refractivity contribution >= 4 is 23.5 Å². The number of aryl methyl sites for hydroxylation is 1. The number of carbonyl (C=O) groups excluding carboxylic acids is 2. The van der Waals surface area contributed by atoms with E-state index in [1.165, 1.54) is 0 Å². The maximum absolute atomic E-state index is 12.0. The van der Waals surface area contributed by atoms with Crippen LogP contribution in [0.2, 0.25) is 5.02 Å². The number of carbonyl (C=O) groups is 2. The van der Waals surface area contributed by atoms with Crippen molar-refractivity contribution < 1.29 is 19.1 Å². The zero-order valence-electron chi connectivity index (χ0n) is 14.2. The van der Waals surface area contributed by atoms with Gasteiger partial charge in [0.15, 0.2) is 6.61 Å². The molecule has 0 heterocycles. The summed E-state index contributed by atoms with van der Waals surface area (Å²) in [7, 11) is 0. The Morgan fingerprint density at radius 2 is 1.80 bits per heavy atom. The van der Waals surface area contributed by atoms with Gasteiger partial charge in [0.05, 0.1) is 12.1 Å². The second-order valence-electron chi connectivity index (χ2n) is 5.48. The van der Waals surface area contributed by atoms with Gasteiger partial charge in [-0.3, -0.25) is 4.79 Å². The summed E-state index contributed by atoms with van der Waals surface area (Å²) in [5, 5.41) is 3.26. The van der Waals surface area contributed by atoms with Crippen LogP contribution in [0.1, 0.15) is 21.5 Å². The SMILES string of the molecule is Cc1cccc(C(=O)OCC(=O)NCCOc2ccc(Cl)cc2)c1C. The van der Waals surface area contributed by atoms with E-state index in [0.717, 1.165) is 11.1 Å². The Morgan fingerprint density at radius 3 is 2.52 bits per heavy atom. The van der Waals surface area contributed by atoms with Crippen molar-refractivity contribution in [1.82, 2.24) is 5.32 Å². The molecular weight excluding hydrogens is 342 g/mol. The highest BCUT2D eigenvalue weighted by molar-refractivity contribution is 6.30. The van der Waals surface area contributed by atoms with E-state index in [1.54, 1.807) is 36.4 Å². The fourth-order valence-electron chi connectivity index (χ4n) is 2.12. The van der Waals surface area contributed by atoms with Crippen LogP contribution in [-0.4, -0.2) is 31.6 Å². The average Bonchev–Trinajstić information content (AvgIpc) is 2.60. The average molecular weight is 362 g/mol. The first-order chi connectivity index (χ1) is 12.0. The third kappa shape index (κ3) is 5.80. The van der Waals surface area contributed by atoms with Crippen molar-refractivity contribution in [3.63, 3.8) is 0 Å². The summed E-state index contributed by atoms with van der Waals surface area (Å²) in [6.07, 6.45) is 0. The van der Waals surface area contributed by atoms with Crippen LogP contribution < -0.4 is 10.1 Å². The van der Waals surface area contributed by atoms with Crippen LogP contribution >= 0.6 is 11.6 Å². The first-order valence-electron chi connectivity index (χ1n) is 7.86. The molecule has 0 spiro atoms. The van der Waals surface area contributed by atoms with Gasteiger partial charge in [-0.25, -0.2) is 4.79 Å². The molecule has 0 bridgehead atoms. The quantitative estimate of drug-likeness (QED) is 0.607. The van der Waals surface area contributed by atoms with Crippen LogP contribution in [0.4, 0.5) is 0 Å². The first-order valence-corrected chi connectivity index (χ1v) is 8.23. The monoisotopic (exact) mass is 361 g/mol. The largest absolute Gasteiger partial charge is 0.492 e. The van der Waals surface area contributed by atoms with Crippen LogP contribution in [0.5, 0.6) is 5.75 Å². The summed E-state index contributed by atoms with van der Waals surface area (Å²) in [6, 6.07) is 12.3. The smallest absolute Gasteiger partial charge is 0.338 e. The summed E-state index contributed by atoms with van der Waals surface area (Å²) in [6.45, 7) is 4.05. The molecule has 6 heteroatoms. The maximum Gasteiger partial charge on any atom is 0.338 e. The Hall–Kier alpha value is -2.53. The number of nitrogens with one attached hydrogen (secondary N) is 1. The molecule has 25 heavy (non-hydrogen) atoms. The highest BCUT2D eigenvalue weighted by Gasteiger charge is 2.13. The fraction of sp³-hybridized carbons (Fsp3) is 0.263. The molecule has 2 aromatic carbocycles. The lowest BCUT2D eigenvalue weighted by atomic mass is 10.0. The maximum atomic E-state index is 12.0. The summed E-state index contributed by atoms with van der Waals surface area (Å²) < 4.78 is 10.5. The normalized spacial score (nSPS) is 10.2. The molecule has 5 nitrogen and oxygen atoms in total. The van der Waals surface area contributed by atoms with Crippen molar-refractivity contribution in [1.29, 1.82) is 0 Å². The molecule has 0 saturated heterocycles. The van der Waals surface area contributed by atoms with Gasteiger partial charge in [0.2, 0.25) is 0 Å². The molecule has 0 aliphatic rings. The summed E-state index contributed by atoms with van der Waals surface area (Å²) in [5.41, 5.74) is 2.32. The number of rotatable bonds is 7. The third-order valence-corrected chi connectivity index (χ3v) is 3.92. The molecule has 2 rings (SSSR count). The van der Waals surface area contributed by atoms with Crippen molar-refractivity contribution in [3.05, 3.63) is 64.2 Å². The van der Waals surface area contributed by atoms with E-state index in [4.69, 9.17) is 21.1 Å². The molecule has 1 amide bonds. The summed E-state index contributed by atoms with van der Waals surface area (Å²) >= 11 is 5.78. The second-order valence-corrected chi connectivity index (χ2v) is 5.91. The summed E-state index contributed by atoms with van der Waals surface area (Å²) in [4.78, 5) is 23.8. The molecule has 0 atom stereocenters. The minimum atomic E-state index is -0.506. The van der Waals surface area contributed by atoms with Gasteiger partial charge in [0.25, 0.3) is 5.91 Å². The molecule has 0 aliphatic carbocycles. The molecule has 0 radical (unpaired) electrons. The second kappa shape index (κ2) is 9.08. The Morgan fingerprint density at radius 1 is 1.08 bits per heavy atom. The topological polar surface area (TPSA) is 64.6 Å². The predicted molar refractivity (Wildman–Crippen MR) is 96.2 cm³/mol. The van der Waals surface area contributed by atoms with Crippen LogP contribution in [-0.2, 0) is 9.53 Å². The highest BCUT2D eigenvalue weighted by Crippen LogP contribution is 2.15. The van der Waals surface area contributed by atoms with Gasteiger partial charge >= 0.3 is 5.97 Å². The Bertz CT molecular complexity index is 744. The van der Waals surface area contributed by atoms with Crippen LogP contribution in [0, 0.1) is 13.8 Å². The number of halogens is 1. The molecular formula is C19H20ClNO4. The van der Waals surface area contributed by atoms with Crippen LogP contribution in [0.3, 0.4) is 0 Å². The number of amides is 1. The Kier molecular flexibility index (Phi) is 6.83. The molecule has 0 aliphatic heterocycles. The lowest BCUT2D eigenvalue weighted by molar-refractivity contribution is -0.124. The van der Waals surface area contributed by atoms with Crippen molar-refractivity contribution in [2.24, 2.45) is 0 Å². The van der Waals surface area contributed by atoms with Crippen LogP contribution in [0.15, 0.2) is 42.5 Å². The molecule has 0 unspecified atom stereocenters. The molecule has 2 aromatic rings. The lowest BCUT2D eigenvalue weighted by Crippen LogP contribution is -2.32. The number of ether oxygens (including phenoxy) is 2. The number of hydrogen-bond acceptors (Lipinski definition) is 4. The summed E-state index contributed by atoms with van der Waals surface area (Å²) in [5.74, 6) is -0.216. The van der Waals surface area contributed by atoms with Gasteiger partial charge in [-0.2, -0.15) is 0 Å². The van der Waals surface area contributed by atoms with E-state index in [9.17, 15) is 9.59 Å². The van der Waals surface area contributed by atoms with Gasteiger partial charge in [0.1, 0.15) is 12.4 Å². The van der Waals surface area contributed by atoms with E-state index in [0.29, 0.717) is 29.5 Å². The predicted octanol–water partition coefficient (Wildman–Crippen LogP) is 3.31. The number of benzene rings is 2. The Labute approximate surface area is 151 Å². The third-order valence-electron chi connectivity index (χ3n) is 3.67. The molecule has 0 aromatic heterocycles. The number of hydrogen-bond donors (Lipinski definition) is 1. The number of esters is 1. The van der Waals surface area contributed by atoms with Gasteiger partial charge in [-0.05, 0) is 55.3 Å². The first kappa shape index (κ1) is 18.8. The zero-order chi connectivity index (χ0) is 18.2. The minimum absolute atomic E-state index is 0.304. The van der Waals surface area contributed by atoms with Gasteiger partial charge < -0.3 is 14.8 Å². The van der Waals surface area contributed by atoms with Crippen molar-refractivity contribution in [2.45, 2.75) is 13.8 Å². The fourth-order valence-corrected chi connectivity index (χ4v) is 2.25. The lowest BCUT2D eigenvalue weighted by Gasteiger charge is -2.10. The molecule has 0 fully saturated rings.